The van der Waals surface area contributed by atoms with E-state index in [1.165, 1.54) is 6.07 Å². The maximum atomic E-state index is 9.52. The van der Waals surface area contributed by atoms with Crippen LogP contribution in [0.15, 0.2) is 18.2 Å². The largest absolute Gasteiger partial charge is 0.508 e. The lowest BCUT2D eigenvalue weighted by molar-refractivity contribution is 0.457. The van der Waals surface area contributed by atoms with Crippen LogP contribution in [0.2, 0.25) is 5.02 Å². The molecule has 0 heterocycles. The van der Waals surface area contributed by atoms with Gasteiger partial charge >= 0.3 is 0 Å². The highest BCUT2D eigenvalue weighted by Crippen LogP contribution is 2.32. The summed E-state index contributed by atoms with van der Waals surface area (Å²) in [5, 5.41) is 18.8. The fourth-order valence-corrected chi connectivity index (χ4v) is 1.26. The molecule has 0 atom stereocenters. The first-order chi connectivity index (χ1) is 5.97. The Bertz CT molecular complexity index is 366. The standard InChI is InChI=1S/C10H10ClNO/c1-10(2,6-12)8-4-3-7(11)5-9(8)13/h3-5,13H,1-2H3. The first-order valence-corrected chi connectivity index (χ1v) is 4.25. The van der Waals surface area contributed by atoms with Crippen LogP contribution < -0.4 is 0 Å². The monoisotopic (exact) mass is 195 g/mol. The molecular formula is C10H10ClNO. The van der Waals surface area contributed by atoms with Gasteiger partial charge in [-0.05, 0) is 26.0 Å². The number of phenols is 1. The van der Waals surface area contributed by atoms with Gasteiger partial charge in [0, 0.05) is 10.6 Å². The quantitative estimate of drug-likeness (QED) is 0.749. The van der Waals surface area contributed by atoms with Crippen molar-refractivity contribution in [3.05, 3.63) is 28.8 Å². The Morgan fingerprint density at radius 1 is 1.46 bits per heavy atom. The number of nitrogens with zero attached hydrogens (tertiary/aromatic N) is 1. The van der Waals surface area contributed by atoms with Crippen LogP contribution in [0, 0.1) is 11.3 Å². The van der Waals surface area contributed by atoms with Crippen LogP contribution in [0.3, 0.4) is 0 Å². The van der Waals surface area contributed by atoms with Gasteiger partial charge in [0.05, 0.1) is 11.5 Å². The van der Waals surface area contributed by atoms with E-state index in [2.05, 4.69) is 6.07 Å². The molecule has 13 heavy (non-hydrogen) atoms. The Hall–Kier alpha value is -1.20. The van der Waals surface area contributed by atoms with Crippen molar-refractivity contribution < 1.29 is 5.11 Å². The molecule has 0 fully saturated rings. The van der Waals surface area contributed by atoms with E-state index in [-0.39, 0.29) is 5.75 Å². The van der Waals surface area contributed by atoms with Crippen LogP contribution in [0.4, 0.5) is 0 Å². The molecule has 0 aromatic heterocycles. The Labute approximate surface area is 82.4 Å². The molecule has 1 N–H and O–H groups in total. The van der Waals surface area contributed by atoms with Gasteiger partial charge in [0.15, 0.2) is 0 Å². The summed E-state index contributed by atoms with van der Waals surface area (Å²) >= 11 is 5.67. The van der Waals surface area contributed by atoms with E-state index < -0.39 is 5.41 Å². The number of nitriles is 1. The molecule has 0 radical (unpaired) electrons. The summed E-state index contributed by atoms with van der Waals surface area (Å²) < 4.78 is 0. The molecule has 0 saturated heterocycles. The van der Waals surface area contributed by atoms with Crippen molar-refractivity contribution in [2.45, 2.75) is 19.3 Å². The van der Waals surface area contributed by atoms with Gasteiger partial charge in [-0.1, -0.05) is 17.7 Å². The Balaban J connectivity index is 3.26. The predicted molar refractivity (Wildman–Crippen MR) is 51.8 cm³/mol. The van der Waals surface area contributed by atoms with Crippen LogP contribution in [0.25, 0.3) is 0 Å². The predicted octanol–water partition coefficient (Wildman–Crippen LogP) is 2.85. The molecule has 1 rings (SSSR count). The summed E-state index contributed by atoms with van der Waals surface area (Å²) in [7, 11) is 0. The second-order valence-corrected chi connectivity index (χ2v) is 3.83. The average molecular weight is 196 g/mol. The number of aromatic hydroxyl groups is 1. The van der Waals surface area contributed by atoms with Crippen molar-refractivity contribution in [1.29, 1.82) is 5.26 Å². The van der Waals surface area contributed by atoms with Crippen molar-refractivity contribution in [3.63, 3.8) is 0 Å². The lowest BCUT2D eigenvalue weighted by atomic mass is 9.86. The van der Waals surface area contributed by atoms with E-state index in [9.17, 15) is 5.11 Å². The van der Waals surface area contributed by atoms with Gasteiger partial charge in [-0.25, -0.2) is 0 Å². The fraction of sp³-hybridized carbons (Fsp3) is 0.300. The van der Waals surface area contributed by atoms with Crippen molar-refractivity contribution in [3.8, 4) is 11.8 Å². The van der Waals surface area contributed by atoms with Gasteiger partial charge < -0.3 is 5.11 Å². The summed E-state index contributed by atoms with van der Waals surface area (Å²) in [6.07, 6.45) is 0. The van der Waals surface area contributed by atoms with Crippen molar-refractivity contribution in [2.75, 3.05) is 0 Å². The number of benzene rings is 1. The smallest absolute Gasteiger partial charge is 0.121 e. The van der Waals surface area contributed by atoms with Crippen LogP contribution in [0.1, 0.15) is 19.4 Å². The minimum atomic E-state index is -0.686. The molecule has 0 unspecified atom stereocenters. The molecule has 0 aliphatic rings. The van der Waals surface area contributed by atoms with Crippen molar-refractivity contribution in [1.82, 2.24) is 0 Å². The van der Waals surface area contributed by atoms with Gasteiger partial charge in [0.25, 0.3) is 0 Å². The third kappa shape index (κ3) is 1.93. The number of rotatable bonds is 1. The van der Waals surface area contributed by atoms with Crippen molar-refractivity contribution in [2.24, 2.45) is 0 Å². The van der Waals surface area contributed by atoms with Crippen LogP contribution in [-0.4, -0.2) is 5.11 Å². The molecule has 0 aliphatic heterocycles. The zero-order valence-electron chi connectivity index (χ0n) is 7.50. The highest BCUT2D eigenvalue weighted by molar-refractivity contribution is 6.30. The summed E-state index contributed by atoms with van der Waals surface area (Å²) in [6, 6.07) is 6.89. The van der Waals surface area contributed by atoms with E-state index >= 15 is 0 Å². The highest BCUT2D eigenvalue weighted by Gasteiger charge is 2.23. The molecule has 1 aromatic carbocycles. The zero-order chi connectivity index (χ0) is 10.1. The second-order valence-electron chi connectivity index (χ2n) is 3.40. The maximum absolute atomic E-state index is 9.52. The van der Waals surface area contributed by atoms with E-state index in [4.69, 9.17) is 16.9 Å². The second kappa shape index (κ2) is 3.27. The van der Waals surface area contributed by atoms with Crippen LogP contribution in [0.5, 0.6) is 5.75 Å². The summed E-state index contributed by atoms with van der Waals surface area (Å²) in [5.74, 6) is 0.0686. The molecule has 0 amide bonds. The molecular weight excluding hydrogens is 186 g/mol. The molecule has 0 spiro atoms. The van der Waals surface area contributed by atoms with E-state index in [0.717, 1.165) is 0 Å². The number of halogens is 1. The summed E-state index contributed by atoms with van der Waals surface area (Å²) in [5.41, 5.74) is -0.0892. The number of phenolic OH excluding ortho intramolecular Hbond substituents is 1. The Morgan fingerprint density at radius 2 is 2.08 bits per heavy atom. The SMILES string of the molecule is CC(C)(C#N)c1ccc(Cl)cc1O. The van der Waals surface area contributed by atoms with Crippen molar-refractivity contribution >= 4 is 11.6 Å². The number of hydrogen-bond acceptors (Lipinski definition) is 2. The third-order valence-corrected chi connectivity index (χ3v) is 2.15. The maximum Gasteiger partial charge on any atom is 0.121 e. The molecule has 3 heteroatoms. The molecule has 2 nitrogen and oxygen atoms in total. The van der Waals surface area contributed by atoms with Gasteiger partial charge in [-0.2, -0.15) is 5.26 Å². The molecule has 0 saturated carbocycles. The average Bonchev–Trinajstić information content (AvgIpc) is 2.03. The normalized spacial score (nSPS) is 10.9. The third-order valence-electron chi connectivity index (χ3n) is 1.91. The Kier molecular flexibility index (Phi) is 2.49. The van der Waals surface area contributed by atoms with Gasteiger partial charge in [-0.3, -0.25) is 0 Å². The van der Waals surface area contributed by atoms with Crippen LogP contribution in [-0.2, 0) is 5.41 Å². The Morgan fingerprint density at radius 3 is 2.54 bits per heavy atom. The minimum Gasteiger partial charge on any atom is -0.508 e. The van der Waals surface area contributed by atoms with E-state index in [0.29, 0.717) is 10.6 Å². The summed E-state index contributed by atoms with van der Waals surface area (Å²) in [6.45, 7) is 3.49. The van der Waals surface area contributed by atoms with E-state index in [1.807, 2.05) is 0 Å². The van der Waals surface area contributed by atoms with Gasteiger partial charge in [0.1, 0.15) is 5.75 Å². The van der Waals surface area contributed by atoms with E-state index in [1.54, 1.807) is 26.0 Å². The molecule has 1 aromatic rings. The molecule has 68 valence electrons. The zero-order valence-corrected chi connectivity index (χ0v) is 8.26. The minimum absolute atomic E-state index is 0.0686. The fourth-order valence-electron chi connectivity index (χ4n) is 1.09. The highest BCUT2D eigenvalue weighted by atomic mass is 35.5. The first-order valence-electron chi connectivity index (χ1n) is 3.87. The molecule has 0 bridgehead atoms. The molecule has 0 aliphatic carbocycles. The van der Waals surface area contributed by atoms with Gasteiger partial charge in [-0.15, -0.1) is 0 Å². The van der Waals surface area contributed by atoms with Gasteiger partial charge in [0.2, 0.25) is 0 Å². The summed E-state index contributed by atoms with van der Waals surface area (Å²) in [4.78, 5) is 0. The first kappa shape index (κ1) is 9.88. The topological polar surface area (TPSA) is 44.0 Å². The lowest BCUT2D eigenvalue weighted by Gasteiger charge is -2.16. The lowest BCUT2D eigenvalue weighted by Crippen LogP contribution is -2.13. The van der Waals surface area contributed by atoms with Crippen LogP contribution >= 0.6 is 11.6 Å². The number of hydrogen-bond donors (Lipinski definition) is 1.